The Morgan fingerprint density at radius 2 is 1.96 bits per heavy atom. The Labute approximate surface area is 163 Å². The number of fused-ring (bicyclic) bond motifs is 1. The van der Waals surface area contributed by atoms with Gasteiger partial charge in [0.05, 0.1) is 12.7 Å². The predicted octanol–water partition coefficient (Wildman–Crippen LogP) is 3.55. The number of carbonyl (C=O) groups is 2. The molecule has 4 rings (SSSR count). The van der Waals surface area contributed by atoms with E-state index in [1.807, 2.05) is 12.1 Å². The lowest BCUT2D eigenvalue weighted by Gasteiger charge is -2.32. The first-order valence-electron chi connectivity index (χ1n) is 9.28. The zero-order valence-electron chi connectivity index (χ0n) is 15.6. The van der Waals surface area contributed by atoms with Gasteiger partial charge in [-0.15, -0.1) is 0 Å². The number of hydrogen-bond donors (Lipinski definition) is 1. The van der Waals surface area contributed by atoms with Crippen molar-refractivity contribution in [1.29, 1.82) is 0 Å². The second-order valence-electron chi connectivity index (χ2n) is 6.85. The highest BCUT2D eigenvalue weighted by atomic mass is 16.7. The van der Waals surface area contributed by atoms with Gasteiger partial charge < -0.3 is 24.4 Å². The van der Waals surface area contributed by atoms with Crippen LogP contribution < -0.4 is 19.5 Å². The minimum Gasteiger partial charge on any atom is -0.496 e. The second-order valence-corrected chi connectivity index (χ2v) is 6.85. The normalized spacial score (nSPS) is 17.9. The molecule has 7 nitrogen and oxygen atoms in total. The van der Waals surface area contributed by atoms with Crippen molar-refractivity contribution in [2.45, 2.75) is 12.8 Å². The van der Waals surface area contributed by atoms with E-state index in [-0.39, 0.29) is 24.5 Å². The van der Waals surface area contributed by atoms with Crippen LogP contribution in [0.4, 0.5) is 10.5 Å². The van der Waals surface area contributed by atoms with E-state index < -0.39 is 0 Å². The number of ether oxygens (including phenoxy) is 3. The topological polar surface area (TPSA) is 77.1 Å². The summed E-state index contributed by atoms with van der Waals surface area (Å²) in [5.74, 6) is 1.61. The molecule has 1 N–H and O–H groups in total. The van der Waals surface area contributed by atoms with Gasteiger partial charge >= 0.3 is 6.03 Å². The lowest BCUT2D eigenvalue weighted by molar-refractivity contribution is 0.0848. The Hall–Kier alpha value is -3.22. The Kier molecular flexibility index (Phi) is 5.06. The summed E-state index contributed by atoms with van der Waals surface area (Å²) in [6.45, 7) is 1.19. The number of piperidine rings is 1. The maximum atomic E-state index is 13.0. The average Bonchev–Trinajstić information content (AvgIpc) is 3.21. The van der Waals surface area contributed by atoms with E-state index in [0.717, 1.165) is 12.8 Å². The Balaban J connectivity index is 1.43. The smallest absolute Gasteiger partial charge is 0.321 e. The van der Waals surface area contributed by atoms with E-state index >= 15 is 0 Å². The Morgan fingerprint density at radius 3 is 2.82 bits per heavy atom. The minimum absolute atomic E-state index is 0.0121. The van der Waals surface area contributed by atoms with Crippen molar-refractivity contribution in [3.63, 3.8) is 0 Å². The lowest BCUT2D eigenvalue weighted by Crippen LogP contribution is -2.44. The number of urea groups is 1. The molecule has 2 aliphatic rings. The van der Waals surface area contributed by atoms with Gasteiger partial charge in [0.25, 0.3) is 0 Å². The third-order valence-corrected chi connectivity index (χ3v) is 5.08. The van der Waals surface area contributed by atoms with Gasteiger partial charge in [0.2, 0.25) is 6.79 Å². The van der Waals surface area contributed by atoms with Crippen molar-refractivity contribution in [1.82, 2.24) is 4.90 Å². The van der Waals surface area contributed by atoms with E-state index in [1.165, 1.54) is 0 Å². The number of ketones is 1. The van der Waals surface area contributed by atoms with E-state index in [4.69, 9.17) is 14.2 Å². The highest BCUT2D eigenvalue weighted by Crippen LogP contribution is 2.34. The van der Waals surface area contributed by atoms with Gasteiger partial charge in [-0.3, -0.25) is 4.79 Å². The molecule has 0 bridgehead atoms. The van der Waals surface area contributed by atoms with Crippen LogP contribution in [-0.2, 0) is 0 Å². The molecule has 2 heterocycles. The molecule has 0 radical (unpaired) electrons. The number of hydrogen-bond acceptors (Lipinski definition) is 5. The number of methoxy groups -OCH3 is 1. The Bertz CT molecular complexity index is 898. The predicted molar refractivity (Wildman–Crippen MR) is 103 cm³/mol. The van der Waals surface area contributed by atoms with Crippen molar-refractivity contribution in [3.05, 3.63) is 48.0 Å². The SMILES string of the molecule is COc1ccccc1C(=O)[C@@H]1CCCN(C(=O)Nc2ccc3c(c2)OCO3)C1. The van der Waals surface area contributed by atoms with Crippen molar-refractivity contribution in [2.24, 2.45) is 5.92 Å². The fourth-order valence-corrected chi connectivity index (χ4v) is 3.62. The molecule has 0 unspecified atom stereocenters. The van der Waals surface area contributed by atoms with Gasteiger partial charge in [0.15, 0.2) is 17.3 Å². The van der Waals surface area contributed by atoms with E-state index in [0.29, 0.717) is 41.6 Å². The average molecular weight is 382 g/mol. The number of nitrogens with one attached hydrogen (secondary N) is 1. The van der Waals surface area contributed by atoms with Crippen LogP contribution in [0.5, 0.6) is 17.2 Å². The molecule has 28 heavy (non-hydrogen) atoms. The van der Waals surface area contributed by atoms with Crippen LogP contribution in [0.25, 0.3) is 0 Å². The van der Waals surface area contributed by atoms with Crippen molar-refractivity contribution < 1.29 is 23.8 Å². The fourth-order valence-electron chi connectivity index (χ4n) is 3.62. The number of likely N-dealkylation sites (tertiary alicyclic amines) is 1. The summed E-state index contributed by atoms with van der Waals surface area (Å²) >= 11 is 0. The van der Waals surface area contributed by atoms with Gasteiger partial charge in [0.1, 0.15) is 5.75 Å². The maximum absolute atomic E-state index is 13.0. The molecule has 146 valence electrons. The number of anilines is 1. The molecule has 2 aliphatic heterocycles. The van der Waals surface area contributed by atoms with E-state index in [2.05, 4.69) is 5.32 Å². The number of nitrogens with zero attached hydrogens (tertiary/aromatic N) is 1. The standard InChI is InChI=1S/C21H22N2O5/c1-26-17-7-3-2-6-16(17)20(24)14-5-4-10-23(12-14)21(25)22-15-8-9-18-19(11-15)28-13-27-18/h2-3,6-9,11,14H,4-5,10,12-13H2,1H3,(H,22,25)/t14-/m1/s1. The molecule has 1 fully saturated rings. The first-order chi connectivity index (χ1) is 13.7. The lowest BCUT2D eigenvalue weighted by atomic mass is 9.89. The largest absolute Gasteiger partial charge is 0.496 e. The number of amides is 2. The molecule has 7 heteroatoms. The number of benzene rings is 2. The van der Waals surface area contributed by atoms with E-state index in [9.17, 15) is 9.59 Å². The monoisotopic (exact) mass is 382 g/mol. The minimum atomic E-state index is -0.243. The zero-order valence-corrected chi connectivity index (χ0v) is 15.6. The molecular weight excluding hydrogens is 360 g/mol. The molecule has 2 aromatic rings. The molecule has 0 spiro atoms. The highest BCUT2D eigenvalue weighted by Gasteiger charge is 2.30. The number of rotatable bonds is 4. The van der Waals surface area contributed by atoms with Gasteiger partial charge in [0, 0.05) is 30.8 Å². The molecule has 1 saturated heterocycles. The van der Waals surface area contributed by atoms with Gasteiger partial charge in [-0.05, 0) is 37.1 Å². The first-order valence-corrected chi connectivity index (χ1v) is 9.28. The Morgan fingerprint density at radius 1 is 1.14 bits per heavy atom. The maximum Gasteiger partial charge on any atom is 0.321 e. The first kappa shape index (κ1) is 18.2. The molecule has 2 amide bonds. The quantitative estimate of drug-likeness (QED) is 0.819. The molecule has 2 aromatic carbocycles. The summed E-state index contributed by atoms with van der Waals surface area (Å²) in [4.78, 5) is 27.4. The van der Waals surface area contributed by atoms with Crippen LogP contribution >= 0.6 is 0 Å². The highest BCUT2D eigenvalue weighted by molar-refractivity contribution is 6.01. The summed E-state index contributed by atoms with van der Waals surface area (Å²) in [6, 6.07) is 12.3. The van der Waals surface area contributed by atoms with Crippen LogP contribution in [0.2, 0.25) is 0 Å². The van der Waals surface area contributed by atoms with Gasteiger partial charge in [-0.25, -0.2) is 4.79 Å². The molecule has 1 atom stereocenters. The summed E-state index contributed by atoms with van der Waals surface area (Å²) < 4.78 is 15.9. The third-order valence-electron chi connectivity index (χ3n) is 5.08. The summed E-state index contributed by atoms with van der Waals surface area (Å²) in [7, 11) is 1.55. The summed E-state index contributed by atoms with van der Waals surface area (Å²) in [5.41, 5.74) is 1.19. The zero-order chi connectivity index (χ0) is 19.5. The molecule has 0 saturated carbocycles. The fraction of sp³-hybridized carbons (Fsp3) is 0.333. The van der Waals surface area contributed by atoms with Crippen LogP contribution in [0.15, 0.2) is 42.5 Å². The van der Waals surface area contributed by atoms with Crippen LogP contribution in [-0.4, -0.2) is 43.7 Å². The molecule has 0 aliphatic carbocycles. The third kappa shape index (κ3) is 3.60. The van der Waals surface area contributed by atoms with Crippen molar-refractivity contribution in [2.75, 3.05) is 32.3 Å². The van der Waals surface area contributed by atoms with Gasteiger partial charge in [-0.1, -0.05) is 12.1 Å². The number of Topliss-reactive ketones (excluding diaryl/α,β-unsaturated/α-hetero) is 1. The van der Waals surface area contributed by atoms with Crippen LogP contribution in [0, 0.1) is 5.92 Å². The number of carbonyl (C=O) groups excluding carboxylic acids is 2. The summed E-state index contributed by atoms with van der Waals surface area (Å²) in [6.07, 6.45) is 1.53. The van der Waals surface area contributed by atoms with Crippen LogP contribution in [0.3, 0.4) is 0 Å². The van der Waals surface area contributed by atoms with E-state index in [1.54, 1.807) is 42.3 Å². The molecule has 0 aromatic heterocycles. The molecular formula is C21H22N2O5. The van der Waals surface area contributed by atoms with Crippen molar-refractivity contribution in [3.8, 4) is 17.2 Å². The number of para-hydroxylation sites is 1. The second kappa shape index (κ2) is 7.80. The van der Waals surface area contributed by atoms with Crippen molar-refractivity contribution >= 4 is 17.5 Å². The summed E-state index contributed by atoms with van der Waals surface area (Å²) in [5, 5.41) is 2.88. The van der Waals surface area contributed by atoms with Crippen LogP contribution in [0.1, 0.15) is 23.2 Å². The van der Waals surface area contributed by atoms with Gasteiger partial charge in [-0.2, -0.15) is 0 Å².